The second kappa shape index (κ2) is 4.17. The van der Waals surface area contributed by atoms with Crippen LogP contribution in [0.15, 0.2) is 18.2 Å². The van der Waals surface area contributed by atoms with Gasteiger partial charge in [-0.05, 0) is 30.5 Å². The van der Waals surface area contributed by atoms with Gasteiger partial charge in [0.2, 0.25) is 5.95 Å². The fraction of sp³-hybridized carbons (Fsp3) is 0.462. The maximum absolute atomic E-state index is 9.48. The number of nitrogens with one attached hydrogen (secondary N) is 1. The third kappa shape index (κ3) is 1.71. The second-order valence-corrected chi connectivity index (χ2v) is 5.05. The van der Waals surface area contributed by atoms with Crippen LogP contribution in [0.4, 0.5) is 11.6 Å². The molecule has 1 aromatic carbocycles. The molecule has 1 fully saturated rings. The Kier molecular flexibility index (Phi) is 2.63. The van der Waals surface area contributed by atoms with Crippen molar-refractivity contribution in [1.29, 1.82) is 0 Å². The van der Waals surface area contributed by atoms with Gasteiger partial charge in [0.15, 0.2) is 0 Å². The Morgan fingerprint density at radius 3 is 3.17 bits per heavy atom. The second-order valence-electron chi connectivity index (χ2n) is 5.05. The molecule has 5 heteroatoms. The number of H-pyrrole nitrogens is 1. The van der Waals surface area contributed by atoms with Crippen LogP contribution in [-0.4, -0.2) is 34.3 Å². The number of aliphatic hydroxyl groups is 1. The molecule has 0 aliphatic carbocycles. The number of nitrogens with two attached hydrogens (primary N) is 1. The number of benzene rings is 1. The molecule has 18 heavy (non-hydrogen) atoms. The summed E-state index contributed by atoms with van der Waals surface area (Å²) in [4.78, 5) is 10.0. The highest BCUT2D eigenvalue weighted by Crippen LogP contribution is 2.29. The zero-order valence-electron chi connectivity index (χ0n) is 10.4. The Morgan fingerprint density at radius 2 is 2.39 bits per heavy atom. The summed E-state index contributed by atoms with van der Waals surface area (Å²) in [5.74, 6) is 1.33. The summed E-state index contributed by atoms with van der Waals surface area (Å²) in [7, 11) is 0. The van der Waals surface area contributed by atoms with E-state index < -0.39 is 0 Å². The quantitative estimate of drug-likeness (QED) is 0.699. The molecule has 2 unspecified atom stereocenters. The van der Waals surface area contributed by atoms with Crippen LogP contribution in [0.1, 0.15) is 13.3 Å². The van der Waals surface area contributed by atoms with Gasteiger partial charge >= 0.3 is 0 Å². The molecule has 1 saturated heterocycles. The smallest absolute Gasteiger partial charge is 0.204 e. The summed E-state index contributed by atoms with van der Waals surface area (Å²) in [5, 5.41) is 9.48. The highest BCUT2D eigenvalue weighted by molar-refractivity contribution is 5.81. The SMILES string of the molecule is CC1CCN(c2nc3ccc(N)cc3[nH]2)C1CO. The topological polar surface area (TPSA) is 78.2 Å². The standard InChI is InChI=1S/C13H18N4O/c1-8-4-5-17(12(8)7-18)13-15-10-3-2-9(14)6-11(10)16-13/h2-3,6,8,12,18H,4-5,7,14H2,1H3,(H,15,16). The Bertz CT molecular complexity index is 565. The van der Waals surface area contributed by atoms with Crippen molar-refractivity contribution < 1.29 is 5.11 Å². The van der Waals surface area contributed by atoms with Gasteiger partial charge in [0, 0.05) is 12.2 Å². The maximum atomic E-state index is 9.48. The van der Waals surface area contributed by atoms with E-state index in [-0.39, 0.29) is 12.6 Å². The Hall–Kier alpha value is -1.75. The van der Waals surface area contributed by atoms with E-state index in [1.807, 2.05) is 18.2 Å². The summed E-state index contributed by atoms with van der Waals surface area (Å²) >= 11 is 0. The lowest BCUT2D eigenvalue weighted by Gasteiger charge is -2.24. The Morgan fingerprint density at radius 1 is 1.56 bits per heavy atom. The van der Waals surface area contributed by atoms with Gasteiger partial charge in [-0.1, -0.05) is 6.92 Å². The van der Waals surface area contributed by atoms with Gasteiger partial charge < -0.3 is 20.7 Å². The predicted molar refractivity (Wildman–Crippen MR) is 72.5 cm³/mol. The zero-order valence-corrected chi connectivity index (χ0v) is 10.4. The molecule has 0 amide bonds. The number of rotatable bonds is 2. The van der Waals surface area contributed by atoms with Gasteiger partial charge in [-0.25, -0.2) is 4.98 Å². The summed E-state index contributed by atoms with van der Waals surface area (Å²) in [6.45, 7) is 3.27. The molecule has 2 aromatic rings. The first-order chi connectivity index (χ1) is 8.69. The number of hydrogen-bond donors (Lipinski definition) is 3. The van der Waals surface area contributed by atoms with Gasteiger partial charge in [-0.3, -0.25) is 0 Å². The van der Waals surface area contributed by atoms with Gasteiger partial charge in [-0.2, -0.15) is 0 Å². The van der Waals surface area contributed by atoms with Crippen LogP contribution in [0, 0.1) is 5.92 Å². The minimum absolute atomic E-state index is 0.155. The molecule has 4 N–H and O–H groups in total. The molecule has 1 aliphatic rings. The summed E-state index contributed by atoms with van der Waals surface area (Å²) in [5.41, 5.74) is 8.35. The third-order valence-corrected chi connectivity index (χ3v) is 3.84. The lowest BCUT2D eigenvalue weighted by atomic mass is 10.0. The molecule has 96 valence electrons. The van der Waals surface area contributed by atoms with Crippen molar-refractivity contribution >= 4 is 22.7 Å². The van der Waals surface area contributed by atoms with Crippen LogP contribution in [0.2, 0.25) is 0 Å². The van der Waals surface area contributed by atoms with E-state index in [1.54, 1.807) is 0 Å². The highest BCUT2D eigenvalue weighted by Gasteiger charge is 2.32. The number of aromatic nitrogens is 2. The molecule has 2 atom stereocenters. The number of fused-ring (bicyclic) bond motifs is 1. The first-order valence-electron chi connectivity index (χ1n) is 6.32. The van der Waals surface area contributed by atoms with Crippen LogP contribution in [0.25, 0.3) is 11.0 Å². The van der Waals surface area contributed by atoms with E-state index in [1.165, 1.54) is 0 Å². The number of anilines is 2. The summed E-state index contributed by atoms with van der Waals surface area (Å²) in [6, 6.07) is 5.81. The minimum atomic E-state index is 0.155. The van der Waals surface area contributed by atoms with Gasteiger partial charge in [0.05, 0.1) is 23.7 Å². The molecule has 5 nitrogen and oxygen atoms in total. The maximum Gasteiger partial charge on any atom is 0.204 e. The van der Waals surface area contributed by atoms with Crippen molar-refractivity contribution in [1.82, 2.24) is 9.97 Å². The van der Waals surface area contributed by atoms with Crippen LogP contribution in [0.3, 0.4) is 0 Å². The molecule has 0 spiro atoms. The largest absolute Gasteiger partial charge is 0.399 e. The van der Waals surface area contributed by atoms with Crippen molar-refractivity contribution in [3.8, 4) is 0 Å². The Balaban J connectivity index is 1.99. The van der Waals surface area contributed by atoms with Crippen LogP contribution in [0.5, 0.6) is 0 Å². The summed E-state index contributed by atoms with van der Waals surface area (Å²) < 4.78 is 0. The predicted octanol–water partition coefficient (Wildman–Crippen LogP) is 1.35. The number of hydrogen-bond acceptors (Lipinski definition) is 4. The zero-order chi connectivity index (χ0) is 12.7. The molecule has 0 saturated carbocycles. The van der Waals surface area contributed by atoms with Crippen molar-refractivity contribution in [2.75, 3.05) is 23.8 Å². The number of nitrogen functional groups attached to an aromatic ring is 1. The van der Waals surface area contributed by atoms with Crippen LogP contribution < -0.4 is 10.6 Å². The number of aromatic amines is 1. The highest BCUT2D eigenvalue weighted by atomic mass is 16.3. The first kappa shape index (κ1) is 11.3. The van der Waals surface area contributed by atoms with Gasteiger partial charge in [0.1, 0.15) is 0 Å². The normalized spacial score (nSPS) is 24.0. The molecule has 0 radical (unpaired) electrons. The molecular formula is C13H18N4O. The lowest BCUT2D eigenvalue weighted by Crippen LogP contribution is -2.35. The molecule has 1 aliphatic heterocycles. The van der Waals surface area contributed by atoms with E-state index in [0.717, 1.165) is 35.6 Å². The van der Waals surface area contributed by atoms with E-state index in [0.29, 0.717) is 5.92 Å². The molecule has 3 rings (SSSR count). The van der Waals surface area contributed by atoms with Crippen molar-refractivity contribution in [3.63, 3.8) is 0 Å². The van der Waals surface area contributed by atoms with Crippen molar-refractivity contribution in [3.05, 3.63) is 18.2 Å². The van der Waals surface area contributed by atoms with Crippen LogP contribution >= 0.6 is 0 Å². The first-order valence-corrected chi connectivity index (χ1v) is 6.32. The van der Waals surface area contributed by atoms with E-state index in [2.05, 4.69) is 21.8 Å². The lowest BCUT2D eigenvalue weighted by molar-refractivity contribution is 0.244. The van der Waals surface area contributed by atoms with Crippen LogP contribution in [-0.2, 0) is 0 Å². The molecule has 0 bridgehead atoms. The van der Waals surface area contributed by atoms with E-state index in [4.69, 9.17) is 5.73 Å². The Labute approximate surface area is 106 Å². The summed E-state index contributed by atoms with van der Waals surface area (Å²) in [6.07, 6.45) is 1.09. The average molecular weight is 246 g/mol. The van der Waals surface area contributed by atoms with Crippen molar-refractivity contribution in [2.24, 2.45) is 5.92 Å². The van der Waals surface area contributed by atoms with Crippen molar-refractivity contribution in [2.45, 2.75) is 19.4 Å². The van der Waals surface area contributed by atoms with E-state index in [9.17, 15) is 5.11 Å². The molecule has 1 aromatic heterocycles. The number of aliphatic hydroxyl groups excluding tert-OH is 1. The van der Waals surface area contributed by atoms with Gasteiger partial charge in [-0.15, -0.1) is 0 Å². The third-order valence-electron chi connectivity index (χ3n) is 3.84. The van der Waals surface area contributed by atoms with Gasteiger partial charge in [0.25, 0.3) is 0 Å². The monoisotopic (exact) mass is 246 g/mol. The number of nitrogens with zero attached hydrogens (tertiary/aromatic N) is 2. The number of imidazole rings is 1. The molecular weight excluding hydrogens is 228 g/mol. The van der Waals surface area contributed by atoms with E-state index >= 15 is 0 Å². The fourth-order valence-corrected chi connectivity index (χ4v) is 2.70. The average Bonchev–Trinajstić information content (AvgIpc) is 2.91. The fourth-order valence-electron chi connectivity index (χ4n) is 2.70. The minimum Gasteiger partial charge on any atom is -0.399 e. The molecule has 2 heterocycles.